The molecular formula is C21H22N4O2. The van der Waals surface area contributed by atoms with Gasteiger partial charge in [-0.05, 0) is 68.8 Å². The van der Waals surface area contributed by atoms with E-state index >= 15 is 0 Å². The van der Waals surface area contributed by atoms with Crippen molar-refractivity contribution in [2.45, 2.75) is 20.8 Å². The van der Waals surface area contributed by atoms with Crippen LogP contribution < -0.4 is 15.4 Å². The Morgan fingerprint density at radius 2 is 1.59 bits per heavy atom. The minimum Gasteiger partial charge on any atom is -0.484 e. The zero-order chi connectivity index (χ0) is 19.2. The van der Waals surface area contributed by atoms with E-state index in [2.05, 4.69) is 20.6 Å². The van der Waals surface area contributed by atoms with Crippen molar-refractivity contribution in [1.29, 1.82) is 0 Å². The summed E-state index contributed by atoms with van der Waals surface area (Å²) >= 11 is 0. The average molecular weight is 362 g/mol. The number of carbonyl (C=O) groups excluding carboxylic acids is 1. The van der Waals surface area contributed by atoms with E-state index in [-0.39, 0.29) is 12.5 Å². The fraction of sp³-hybridized carbons (Fsp3) is 0.190. The molecule has 6 nitrogen and oxygen atoms in total. The lowest BCUT2D eigenvalue weighted by Gasteiger charge is -2.10. The minimum absolute atomic E-state index is 0.0418. The molecule has 3 rings (SSSR count). The first-order valence-electron chi connectivity index (χ1n) is 8.66. The second-order valence-electron chi connectivity index (χ2n) is 6.33. The van der Waals surface area contributed by atoms with Crippen LogP contribution in [0.25, 0.3) is 0 Å². The van der Waals surface area contributed by atoms with Crippen molar-refractivity contribution in [1.82, 2.24) is 9.97 Å². The molecule has 0 aliphatic heterocycles. The highest BCUT2D eigenvalue weighted by Gasteiger charge is 2.05. The fourth-order valence-corrected chi connectivity index (χ4v) is 2.60. The van der Waals surface area contributed by atoms with Gasteiger partial charge in [-0.1, -0.05) is 12.1 Å². The molecule has 0 radical (unpaired) electrons. The SMILES string of the molecule is Cc1cccc(OCC(=O)Nc2ccc(Nc3nc(C)cc(C)n3)cc2)c1. The molecular weight excluding hydrogens is 340 g/mol. The number of ether oxygens (including phenoxy) is 1. The standard InChI is InChI=1S/C21H22N4O2/c1-14-5-4-6-19(11-14)27-13-20(26)24-17-7-9-18(10-8-17)25-21-22-15(2)12-16(3)23-21/h4-12H,13H2,1-3H3,(H,24,26)(H,22,23,25). The maximum absolute atomic E-state index is 12.0. The van der Waals surface area contributed by atoms with Crippen molar-refractivity contribution in [3.8, 4) is 5.75 Å². The largest absolute Gasteiger partial charge is 0.484 e. The summed E-state index contributed by atoms with van der Waals surface area (Å²) in [5.74, 6) is 1.02. The molecule has 2 N–H and O–H groups in total. The summed E-state index contributed by atoms with van der Waals surface area (Å²) in [5.41, 5.74) is 4.43. The van der Waals surface area contributed by atoms with Gasteiger partial charge in [-0.2, -0.15) is 0 Å². The van der Waals surface area contributed by atoms with Gasteiger partial charge in [0.05, 0.1) is 0 Å². The molecule has 0 spiro atoms. The normalized spacial score (nSPS) is 10.3. The summed E-state index contributed by atoms with van der Waals surface area (Å²) in [7, 11) is 0. The van der Waals surface area contributed by atoms with E-state index < -0.39 is 0 Å². The number of nitrogens with one attached hydrogen (secondary N) is 2. The van der Waals surface area contributed by atoms with Gasteiger partial charge in [0, 0.05) is 22.8 Å². The summed E-state index contributed by atoms with van der Waals surface area (Å²) in [5, 5.41) is 5.97. The Hall–Kier alpha value is -3.41. The van der Waals surface area contributed by atoms with Crippen LogP contribution >= 0.6 is 0 Å². The van der Waals surface area contributed by atoms with Crippen LogP contribution in [0.2, 0.25) is 0 Å². The number of anilines is 3. The highest BCUT2D eigenvalue weighted by molar-refractivity contribution is 5.92. The average Bonchev–Trinajstić information content (AvgIpc) is 2.61. The first kappa shape index (κ1) is 18.4. The monoisotopic (exact) mass is 362 g/mol. The molecule has 0 aliphatic carbocycles. The molecule has 0 bridgehead atoms. The van der Waals surface area contributed by atoms with Crippen LogP contribution in [0.1, 0.15) is 17.0 Å². The predicted molar refractivity (Wildman–Crippen MR) is 107 cm³/mol. The van der Waals surface area contributed by atoms with Gasteiger partial charge in [0.2, 0.25) is 5.95 Å². The van der Waals surface area contributed by atoms with E-state index in [1.807, 2.05) is 75.4 Å². The predicted octanol–water partition coefficient (Wildman–Crippen LogP) is 4.16. The highest BCUT2D eigenvalue weighted by atomic mass is 16.5. The molecule has 0 fully saturated rings. The number of rotatable bonds is 6. The van der Waals surface area contributed by atoms with Crippen LogP contribution in [0.3, 0.4) is 0 Å². The Labute approximate surface area is 158 Å². The van der Waals surface area contributed by atoms with Crippen molar-refractivity contribution in [2.75, 3.05) is 17.2 Å². The lowest BCUT2D eigenvalue weighted by molar-refractivity contribution is -0.118. The molecule has 1 heterocycles. The second-order valence-corrected chi connectivity index (χ2v) is 6.33. The summed E-state index contributed by atoms with van der Waals surface area (Å²) < 4.78 is 5.51. The summed E-state index contributed by atoms with van der Waals surface area (Å²) in [6, 6.07) is 16.9. The molecule has 1 aromatic heterocycles. The Morgan fingerprint density at radius 1 is 0.926 bits per heavy atom. The topological polar surface area (TPSA) is 76.1 Å². The number of benzene rings is 2. The number of amides is 1. The van der Waals surface area contributed by atoms with Crippen LogP contribution in [-0.2, 0) is 4.79 Å². The first-order chi connectivity index (χ1) is 13.0. The molecule has 138 valence electrons. The Kier molecular flexibility index (Phi) is 5.66. The number of carbonyl (C=O) groups is 1. The second kappa shape index (κ2) is 8.31. The number of hydrogen-bond acceptors (Lipinski definition) is 5. The molecule has 6 heteroatoms. The van der Waals surface area contributed by atoms with Crippen molar-refractivity contribution in [3.05, 3.63) is 71.5 Å². The van der Waals surface area contributed by atoms with Crippen molar-refractivity contribution >= 4 is 23.2 Å². The van der Waals surface area contributed by atoms with Gasteiger partial charge < -0.3 is 15.4 Å². The summed E-state index contributed by atoms with van der Waals surface area (Å²) in [4.78, 5) is 20.8. The molecule has 3 aromatic rings. The van der Waals surface area contributed by atoms with Gasteiger partial charge in [0.1, 0.15) is 5.75 Å². The fourth-order valence-electron chi connectivity index (χ4n) is 2.60. The van der Waals surface area contributed by atoms with Gasteiger partial charge in [-0.25, -0.2) is 9.97 Å². The van der Waals surface area contributed by atoms with Gasteiger partial charge in [-0.15, -0.1) is 0 Å². The number of hydrogen-bond donors (Lipinski definition) is 2. The maximum atomic E-state index is 12.0. The third-order valence-electron chi connectivity index (χ3n) is 3.77. The maximum Gasteiger partial charge on any atom is 0.262 e. The molecule has 0 saturated heterocycles. The van der Waals surface area contributed by atoms with Crippen LogP contribution in [0, 0.1) is 20.8 Å². The molecule has 2 aromatic carbocycles. The summed E-state index contributed by atoms with van der Waals surface area (Å²) in [6.07, 6.45) is 0. The number of nitrogens with zero attached hydrogens (tertiary/aromatic N) is 2. The van der Waals surface area contributed by atoms with E-state index in [4.69, 9.17) is 4.74 Å². The third-order valence-corrected chi connectivity index (χ3v) is 3.77. The first-order valence-corrected chi connectivity index (χ1v) is 8.66. The molecule has 1 amide bonds. The molecule has 0 saturated carbocycles. The molecule has 0 aliphatic rings. The Morgan fingerprint density at radius 3 is 2.26 bits per heavy atom. The van der Waals surface area contributed by atoms with E-state index in [9.17, 15) is 4.79 Å². The quantitative estimate of drug-likeness (QED) is 0.688. The zero-order valence-corrected chi connectivity index (χ0v) is 15.6. The van der Waals surface area contributed by atoms with Crippen LogP contribution in [0.4, 0.5) is 17.3 Å². The van der Waals surface area contributed by atoms with Gasteiger partial charge in [-0.3, -0.25) is 4.79 Å². The zero-order valence-electron chi connectivity index (χ0n) is 15.6. The molecule has 0 atom stereocenters. The van der Waals surface area contributed by atoms with Crippen LogP contribution in [-0.4, -0.2) is 22.5 Å². The van der Waals surface area contributed by atoms with Crippen LogP contribution in [0.15, 0.2) is 54.6 Å². The Bertz CT molecular complexity index is 919. The van der Waals surface area contributed by atoms with Crippen LogP contribution in [0.5, 0.6) is 5.75 Å². The van der Waals surface area contributed by atoms with Gasteiger partial charge in [0.25, 0.3) is 5.91 Å². The van der Waals surface area contributed by atoms with E-state index in [0.29, 0.717) is 17.4 Å². The van der Waals surface area contributed by atoms with E-state index in [0.717, 1.165) is 22.6 Å². The van der Waals surface area contributed by atoms with Crippen molar-refractivity contribution < 1.29 is 9.53 Å². The van der Waals surface area contributed by atoms with Crippen molar-refractivity contribution in [3.63, 3.8) is 0 Å². The van der Waals surface area contributed by atoms with Gasteiger partial charge in [0.15, 0.2) is 6.61 Å². The van der Waals surface area contributed by atoms with Crippen molar-refractivity contribution in [2.24, 2.45) is 0 Å². The Balaban J connectivity index is 1.54. The number of aryl methyl sites for hydroxylation is 3. The molecule has 0 unspecified atom stereocenters. The lowest BCUT2D eigenvalue weighted by Crippen LogP contribution is -2.20. The highest BCUT2D eigenvalue weighted by Crippen LogP contribution is 2.17. The van der Waals surface area contributed by atoms with Gasteiger partial charge >= 0.3 is 0 Å². The van der Waals surface area contributed by atoms with E-state index in [1.54, 1.807) is 0 Å². The smallest absolute Gasteiger partial charge is 0.262 e. The number of aromatic nitrogens is 2. The van der Waals surface area contributed by atoms with E-state index in [1.165, 1.54) is 0 Å². The summed E-state index contributed by atoms with van der Waals surface area (Å²) in [6.45, 7) is 5.79. The molecule has 27 heavy (non-hydrogen) atoms. The minimum atomic E-state index is -0.213. The third kappa shape index (κ3) is 5.54. The lowest BCUT2D eigenvalue weighted by atomic mass is 10.2.